The normalized spacial score (nSPS) is 16.4. The van der Waals surface area contributed by atoms with Crippen LogP contribution in [0, 0.1) is 0 Å². The number of carbonyl (C=O) groups excluding carboxylic acids is 2. The molecule has 1 fully saturated rings. The number of anilines is 2. The van der Waals surface area contributed by atoms with Crippen molar-refractivity contribution in [2.45, 2.75) is 16.6 Å². The third-order valence-electron chi connectivity index (χ3n) is 4.37. The number of benzene rings is 3. The second-order valence-corrected chi connectivity index (χ2v) is 7.57. The maximum atomic E-state index is 12.8. The van der Waals surface area contributed by atoms with Gasteiger partial charge in [0.05, 0.1) is 10.9 Å². The molecular weight excluding hydrogens is 372 g/mol. The molecule has 0 saturated carbocycles. The Hall–Kier alpha value is -3.25. The SMILES string of the molecule is Nc1ccccc1SC1CC(=O)N(c2ccc(Oc3ccccc3)cc2)C1=O. The van der Waals surface area contributed by atoms with Crippen LogP contribution < -0.4 is 15.4 Å². The average molecular weight is 390 g/mol. The van der Waals surface area contributed by atoms with E-state index < -0.39 is 5.25 Å². The molecule has 1 unspecified atom stereocenters. The molecule has 0 bridgehead atoms. The largest absolute Gasteiger partial charge is 0.457 e. The number of amides is 2. The minimum absolute atomic E-state index is 0.153. The maximum Gasteiger partial charge on any atom is 0.247 e. The van der Waals surface area contributed by atoms with Crippen molar-refractivity contribution in [1.29, 1.82) is 0 Å². The van der Waals surface area contributed by atoms with Gasteiger partial charge in [0, 0.05) is 17.0 Å². The van der Waals surface area contributed by atoms with Gasteiger partial charge in [-0.25, -0.2) is 4.90 Å². The van der Waals surface area contributed by atoms with Crippen LogP contribution in [0.5, 0.6) is 11.5 Å². The summed E-state index contributed by atoms with van der Waals surface area (Å²) in [6.07, 6.45) is 0.153. The lowest BCUT2D eigenvalue weighted by molar-refractivity contribution is -0.121. The summed E-state index contributed by atoms with van der Waals surface area (Å²) in [5, 5.41) is -0.475. The summed E-state index contributed by atoms with van der Waals surface area (Å²) in [6, 6.07) is 23.7. The smallest absolute Gasteiger partial charge is 0.247 e. The lowest BCUT2D eigenvalue weighted by Crippen LogP contribution is -2.31. The number of imide groups is 1. The fraction of sp³-hybridized carbons (Fsp3) is 0.0909. The molecule has 0 radical (unpaired) electrons. The predicted molar refractivity (Wildman–Crippen MR) is 111 cm³/mol. The Morgan fingerprint density at radius 2 is 1.50 bits per heavy atom. The molecule has 140 valence electrons. The van der Waals surface area contributed by atoms with Crippen LogP contribution in [-0.2, 0) is 9.59 Å². The van der Waals surface area contributed by atoms with Crippen molar-refractivity contribution in [3.63, 3.8) is 0 Å². The van der Waals surface area contributed by atoms with E-state index in [1.165, 1.54) is 16.7 Å². The Balaban J connectivity index is 1.49. The van der Waals surface area contributed by atoms with Crippen LogP contribution in [0.3, 0.4) is 0 Å². The molecule has 2 N–H and O–H groups in total. The van der Waals surface area contributed by atoms with E-state index in [0.717, 1.165) is 10.6 Å². The summed E-state index contributed by atoms with van der Waals surface area (Å²) >= 11 is 1.33. The van der Waals surface area contributed by atoms with Crippen LogP contribution >= 0.6 is 11.8 Å². The van der Waals surface area contributed by atoms with Crippen molar-refractivity contribution < 1.29 is 14.3 Å². The van der Waals surface area contributed by atoms with Crippen LogP contribution in [0.4, 0.5) is 11.4 Å². The van der Waals surface area contributed by atoms with E-state index in [1.807, 2.05) is 48.5 Å². The van der Waals surface area contributed by atoms with Crippen molar-refractivity contribution in [1.82, 2.24) is 0 Å². The first-order valence-electron chi connectivity index (χ1n) is 8.83. The molecule has 1 atom stereocenters. The van der Waals surface area contributed by atoms with Gasteiger partial charge in [0.15, 0.2) is 0 Å². The van der Waals surface area contributed by atoms with Crippen LogP contribution in [0.25, 0.3) is 0 Å². The molecule has 1 aliphatic heterocycles. The minimum atomic E-state index is -0.475. The molecule has 1 aliphatic rings. The average Bonchev–Trinajstić information content (AvgIpc) is 2.98. The fourth-order valence-corrected chi connectivity index (χ4v) is 4.10. The van der Waals surface area contributed by atoms with E-state index in [9.17, 15) is 9.59 Å². The van der Waals surface area contributed by atoms with Crippen molar-refractivity contribution in [3.05, 3.63) is 78.9 Å². The predicted octanol–water partition coefficient (Wildman–Crippen LogP) is 4.49. The van der Waals surface area contributed by atoms with Gasteiger partial charge in [-0.1, -0.05) is 30.3 Å². The van der Waals surface area contributed by atoms with Crippen LogP contribution in [0.15, 0.2) is 83.8 Å². The number of thioether (sulfide) groups is 1. The zero-order chi connectivity index (χ0) is 19.5. The Morgan fingerprint density at radius 3 is 2.21 bits per heavy atom. The Morgan fingerprint density at radius 1 is 0.857 bits per heavy atom. The van der Waals surface area contributed by atoms with Gasteiger partial charge in [-0.3, -0.25) is 9.59 Å². The number of rotatable bonds is 5. The fourth-order valence-electron chi connectivity index (χ4n) is 3.00. The highest BCUT2D eigenvalue weighted by Crippen LogP contribution is 2.36. The number of ether oxygens (including phenoxy) is 1. The summed E-state index contributed by atoms with van der Waals surface area (Å²) < 4.78 is 5.76. The third kappa shape index (κ3) is 3.73. The van der Waals surface area contributed by atoms with Gasteiger partial charge >= 0.3 is 0 Å². The lowest BCUT2D eigenvalue weighted by atomic mass is 10.2. The van der Waals surface area contributed by atoms with E-state index >= 15 is 0 Å². The van der Waals surface area contributed by atoms with Gasteiger partial charge in [-0.2, -0.15) is 0 Å². The van der Waals surface area contributed by atoms with Gasteiger partial charge in [0.2, 0.25) is 11.8 Å². The number of para-hydroxylation sites is 2. The van der Waals surface area contributed by atoms with Gasteiger partial charge < -0.3 is 10.5 Å². The van der Waals surface area contributed by atoms with Crippen molar-refractivity contribution >= 4 is 35.0 Å². The topological polar surface area (TPSA) is 72.6 Å². The molecule has 5 nitrogen and oxygen atoms in total. The Kier molecular flexibility index (Phi) is 5.04. The number of nitrogens with two attached hydrogens (primary N) is 1. The molecular formula is C22H18N2O3S. The second kappa shape index (κ2) is 7.78. The highest BCUT2D eigenvalue weighted by molar-refractivity contribution is 8.00. The van der Waals surface area contributed by atoms with Gasteiger partial charge in [0.1, 0.15) is 11.5 Å². The maximum absolute atomic E-state index is 12.8. The summed E-state index contributed by atoms with van der Waals surface area (Å²) in [5.74, 6) is 0.918. The van der Waals surface area contributed by atoms with Crippen LogP contribution in [0.1, 0.15) is 6.42 Å². The van der Waals surface area contributed by atoms with E-state index in [4.69, 9.17) is 10.5 Å². The van der Waals surface area contributed by atoms with E-state index in [-0.39, 0.29) is 18.2 Å². The zero-order valence-electron chi connectivity index (χ0n) is 14.9. The molecule has 0 aliphatic carbocycles. The van der Waals surface area contributed by atoms with Gasteiger partial charge in [0.25, 0.3) is 0 Å². The van der Waals surface area contributed by atoms with Crippen molar-refractivity contribution in [2.24, 2.45) is 0 Å². The van der Waals surface area contributed by atoms with E-state index in [1.54, 1.807) is 30.3 Å². The minimum Gasteiger partial charge on any atom is -0.457 e. The molecule has 1 saturated heterocycles. The van der Waals surface area contributed by atoms with Crippen molar-refractivity contribution in [3.8, 4) is 11.5 Å². The molecule has 3 aromatic carbocycles. The number of carbonyl (C=O) groups is 2. The van der Waals surface area contributed by atoms with Gasteiger partial charge in [-0.15, -0.1) is 11.8 Å². The monoisotopic (exact) mass is 390 g/mol. The second-order valence-electron chi connectivity index (χ2n) is 6.32. The lowest BCUT2D eigenvalue weighted by Gasteiger charge is -2.16. The molecule has 0 spiro atoms. The van der Waals surface area contributed by atoms with E-state index in [0.29, 0.717) is 17.1 Å². The Labute approximate surface area is 167 Å². The molecule has 2 amide bonds. The van der Waals surface area contributed by atoms with Gasteiger partial charge in [-0.05, 0) is 48.5 Å². The molecule has 6 heteroatoms. The first-order valence-corrected chi connectivity index (χ1v) is 9.71. The summed E-state index contributed by atoms with van der Waals surface area (Å²) in [5.41, 5.74) is 7.11. The third-order valence-corrected chi connectivity index (χ3v) is 5.65. The van der Waals surface area contributed by atoms with Crippen LogP contribution in [0.2, 0.25) is 0 Å². The van der Waals surface area contributed by atoms with Crippen LogP contribution in [-0.4, -0.2) is 17.1 Å². The van der Waals surface area contributed by atoms with E-state index in [2.05, 4.69) is 0 Å². The zero-order valence-corrected chi connectivity index (χ0v) is 15.8. The molecule has 4 rings (SSSR count). The number of nitrogen functional groups attached to an aromatic ring is 1. The number of nitrogens with zero attached hydrogens (tertiary/aromatic N) is 1. The standard InChI is InChI=1S/C22H18N2O3S/c23-18-8-4-5-9-19(18)28-20-14-21(25)24(22(20)26)15-10-12-17(13-11-15)27-16-6-2-1-3-7-16/h1-13,20H,14,23H2. The highest BCUT2D eigenvalue weighted by Gasteiger charge is 2.40. The molecule has 3 aromatic rings. The highest BCUT2D eigenvalue weighted by atomic mass is 32.2. The molecule has 1 heterocycles. The Bertz CT molecular complexity index is 1010. The number of hydrogen-bond acceptors (Lipinski definition) is 5. The number of hydrogen-bond donors (Lipinski definition) is 1. The summed E-state index contributed by atoms with van der Waals surface area (Å²) in [4.78, 5) is 27.3. The summed E-state index contributed by atoms with van der Waals surface area (Å²) in [6.45, 7) is 0. The quantitative estimate of drug-likeness (QED) is 0.513. The first-order chi connectivity index (χ1) is 13.6. The summed E-state index contributed by atoms with van der Waals surface area (Å²) in [7, 11) is 0. The molecule has 0 aromatic heterocycles. The van der Waals surface area contributed by atoms with Crippen molar-refractivity contribution in [2.75, 3.05) is 10.6 Å². The molecule has 28 heavy (non-hydrogen) atoms. The first kappa shape index (κ1) is 18.1.